The van der Waals surface area contributed by atoms with Gasteiger partial charge in [-0.1, -0.05) is 31.4 Å². The fourth-order valence-corrected chi connectivity index (χ4v) is 4.37. The number of anilines is 1. The van der Waals surface area contributed by atoms with Crippen molar-refractivity contribution in [3.63, 3.8) is 0 Å². The summed E-state index contributed by atoms with van der Waals surface area (Å²) < 4.78 is 26.5. The van der Waals surface area contributed by atoms with Gasteiger partial charge in [-0.15, -0.1) is 0 Å². The van der Waals surface area contributed by atoms with E-state index < -0.39 is 10.0 Å². The molecule has 0 unspecified atom stereocenters. The molecule has 1 saturated carbocycles. The van der Waals surface area contributed by atoms with Gasteiger partial charge in [-0.05, 0) is 30.5 Å². The summed E-state index contributed by atoms with van der Waals surface area (Å²) >= 11 is 0. The zero-order chi connectivity index (χ0) is 13.9. The van der Waals surface area contributed by atoms with Gasteiger partial charge in [-0.2, -0.15) is 0 Å². The lowest BCUT2D eigenvalue weighted by Crippen LogP contribution is -2.37. The van der Waals surface area contributed by atoms with Crippen LogP contribution in [0.2, 0.25) is 0 Å². The molecule has 1 aliphatic carbocycles. The first kappa shape index (κ1) is 14.3. The van der Waals surface area contributed by atoms with Crippen molar-refractivity contribution in [1.29, 1.82) is 0 Å². The second-order valence-corrected chi connectivity index (χ2v) is 7.39. The molecule has 0 amide bonds. The lowest BCUT2D eigenvalue weighted by atomic mass is 10.0. The van der Waals surface area contributed by atoms with Crippen LogP contribution in [0.5, 0.6) is 0 Å². The molecule has 4 nitrogen and oxygen atoms in total. The molecule has 1 fully saturated rings. The maximum absolute atomic E-state index is 12.5. The van der Waals surface area contributed by atoms with Gasteiger partial charge in [0, 0.05) is 13.6 Å². The first-order valence-corrected chi connectivity index (χ1v) is 8.33. The average molecular weight is 282 g/mol. The van der Waals surface area contributed by atoms with Crippen molar-refractivity contribution in [2.24, 2.45) is 5.73 Å². The van der Waals surface area contributed by atoms with Crippen LogP contribution in [0.1, 0.15) is 37.7 Å². The standard InChI is InChI=1S/C14H22N2O2S/c1-16(13-9-7-12(11-15)8-10-13)19(17,18)14-5-3-2-4-6-14/h7-10,14H,2-6,11,15H2,1H3. The second kappa shape index (κ2) is 5.92. The zero-order valence-corrected chi connectivity index (χ0v) is 12.2. The average Bonchev–Trinajstić information content (AvgIpc) is 2.47. The second-order valence-electron chi connectivity index (χ2n) is 5.14. The number of sulfonamides is 1. The molecule has 19 heavy (non-hydrogen) atoms. The third-order valence-corrected chi connectivity index (χ3v) is 6.18. The van der Waals surface area contributed by atoms with Gasteiger partial charge in [-0.3, -0.25) is 4.31 Å². The maximum Gasteiger partial charge on any atom is 0.237 e. The van der Waals surface area contributed by atoms with Crippen molar-refractivity contribution in [3.8, 4) is 0 Å². The minimum atomic E-state index is -3.23. The topological polar surface area (TPSA) is 63.4 Å². The van der Waals surface area contributed by atoms with E-state index in [0.29, 0.717) is 12.2 Å². The molecule has 1 aliphatic rings. The van der Waals surface area contributed by atoms with Gasteiger partial charge < -0.3 is 5.73 Å². The van der Waals surface area contributed by atoms with E-state index in [1.54, 1.807) is 7.05 Å². The van der Waals surface area contributed by atoms with E-state index in [9.17, 15) is 8.42 Å². The van der Waals surface area contributed by atoms with Gasteiger partial charge in [-0.25, -0.2) is 8.42 Å². The van der Waals surface area contributed by atoms with Crippen LogP contribution in [0.3, 0.4) is 0 Å². The molecule has 0 radical (unpaired) electrons. The highest BCUT2D eigenvalue weighted by atomic mass is 32.2. The molecule has 1 aromatic carbocycles. The summed E-state index contributed by atoms with van der Waals surface area (Å²) in [6.07, 6.45) is 4.76. The quantitative estimate of drug-likeness (QED) is 0.921. The molecular formula is C14H22N2O2S. The predicted molar refractivity (Wildman–Crippen MR) is 78.5 cm³/mol. The van der Waals surface area contributed by atoms with E-state index in [4.69, 9.17) is 5.73 Å². The Morgan fingerprint density at radius 3 is 2.26 bits per heavy atom. The van der Waals surface area contributed by atoms with Gasteiger partial charge in [0.25, 0.3) is 0 Å². The molecule has 0 aromatic heterocycles. The molecular weight excluding hydrogens is 260 g/mol. The van der Waals surface area contributed by atoms with Crippen molar-refractivity contribution >= 4 is 15.7 Å². The molecule has 0 saturated heterocycles. The van der Waals surface area contributed by atoms with Crippen LogP contribution in [0.4, 0.5) is 5.69 Å². The van der Waals surface area contributed by atoms with Crippen molar-refractivity contribution in [2.45, 2.75) is 43.9 Å². The molecule has 106 valence electrons. The molecule has 0 spiro atoms. The Labute approximate surface area is 115 Å². The van der Waals surface area contributed by atoms with E-state index in [1.165, 1.54) is 4.31 Å². The van der Waals surface area contributed by atoms with Crippen LogP contribution in [-0.4, -0.2) is 20.7 Å². The summed E-state index contributed by atoms with van der Waals surface area (Å²) in [6, 6.07) is 7.40. The Bertz CT molecular complexity index is 505. The van der Waals surface area contributed by atoms with Crippen LogP contribution in [0.15, 0.2) is 24.3 Å². The first-order valence-electron chi connectivity index (χ1n) is 6.82. The van der Waals surface area contributed by atoms with E-state index in [2.05, 4.69) is 0 Å². The van der Waals surface area contributed by atoms with Crippen LogP contribution in [0, 0.1) is 0 Å². The molecule has 1 aromatic rings. The van der Waals surface area contributed by atoms with Crippen LogP contribution < -0.4 is 10.0 Å². The summed E-state index contributed by atoms with van der Waals surface area (Å²) in [5.74, 6) is 0. The van der Waals surface area contributed by atoms with E-state index in [0.717, 1.165) is 37.7 Å². The highest BCUT2D eigenvalue weighted by molar-refractivity contribution is 7.93. The lowest BCUT2D eigenvalue weighted by Gasteiger charge is -2.28. The Kier molecular flexibility index (Phi) is 4.47. The predicted octanol–water partition coefficient (Wildman–Crippen LogP) is 2.24. The summed E-state index contributed by atoms with van der Waals surface area (Å²) in [5.41, 5.74) is 7.26. The van der Waals surface area contributed by atoms with Gasteiger partial charge in [0.2, 0.25) is 10.0 Å². The van der Waals surface area contributed by atoms with Crippen LogP contribution in [0.25, 0.3) is 0 Å². The third kappa shape index (κ3) is 3.09. The smallest absolute Gasteiger partial charge is 0.237 e. The van der Waals surface area contributed by atoms with Crippen molar-refractivity contribution in [1.82, 2.24) is 0 Å². The molecule has 0 aliphatic heterocycles. The van der Waals surface area contributed by atoms with Gasteiger partial charge in [0.15, 0.2) is 0 Å². The fourth-order valence-electron chi connectivity index (χ4n) is 2.58. The minimum Gasteiger partial charge on any atom is -0.326 e. The summed E-state index contributed by atoms with van der Waals surface area (Å²) in [4.78, 5) is 0. The Morgan fingerprint density at radius 2 is 1.74 bits per heavy atom. The molecule has 0 atom stereocenters. The Morgan fingerprint density at radius 1 is 1.16 bits per heavy atom. The molecule has 5 heteroatoms. The summed E-state index contributed by atoms with van der Waals surface area (Å²) in [7, 11) is -1.59. The van der Waals surface area contributed by atoms with Crippen LogP contribution >= 0.6 is 0 Å². The zero-order valence-electron chi connectivity index (χ0n) is 11.4. The third-order valence-electron chi connectivity index (χ3n) is 3.89. The number of rotatable bonds is 4. The number of nitrogens with two attached hydrogens (primary N) is 1. The monoisotopic (exact) mass is 282 g/mol. The molecule has 0 bridgehead atoms. The number of hydrogen-bond acceptors (Lipinski definition) is 3. The van der Waals surface area contributed by atoms with Gasteiger partial charge in [0.1, 0.15) is 0 Å². The Balaban J connectivity index is 2.18. The lowest BCUT2D eigenvalue weighted by molar-refractivity contribution is 0.483. The van der Waals surface area contributed by atoms with Crippen LogP contribution in [-0.2, 0) is 16.6 Å². The Hall–Kier alpha value is -1.07. The fraction of sp³-hybridized carbons (Fsp3) is 0.571. The summed E-state index contributed by atoms with van der Waals surface area (Å²) in [5, 5.41) is -0.222. The number of hydrogen-bond donors (Lipinski definition) is 1. The number of benzene rings is 1. The normalized spacial score (nSPS) is 17.4. The highest BCUT2D eigenvalue weighted by Gasteiger charge is 2.31. The molecule has 2 N–H and O–H groups in total. The van der Waals surface area contributed by atoms with Gasteiger partial charge in [0.05, 0.1) is 10.9 Å². The number of nitrogens with zero attached hydrogens (tertiary/aromatic N) is 1. The summed E-state index contributed by atoms with van der Waals surface area (Å²) in [6.45, 7) is 0.472. The van der Waals surface area contributed by atoms with E-state index in [1.807, 2.05) is 24.3 Å². The molecule has 2 rings (SSSR count). The van der Waals surface area contributed by atoms with E-state index in [-0.39, 0.29) is 5.25 Å². The van der Waals surface area contributed by atoms with Crippen molar-refractivity contribution in [2.75, 3.05) is 11.4 Å². The highest BCUT2D eigenvalue weighted by Crippen LogP contribution is 2.28. The van der Waals surface area contributed by atoms with Crippen molar-refractivity contribution in [3.05, 3.63) is 29.8 Å². The van der Waals surface area contributed by atoms with Gasteiger partial charge >= 0.3 is 0 Å². The first-order chi connectivity index (χ1) is 9.05. The largest absolute Gasteiger partial charge is 0.326 e. The molecule has 0 heterocycles. The van der Waals surface area contributed by atoms with E-state index >= 15 is 0 Å². The maximum atomic E-state index is 12.5. The SMILES string of the molecule is CN(c1ccc(CN)cc1)S(=O)(=O)C1CCCCC1. The van der Waals surface area contributed by atoms with Crippen molar-refractivity contribution < 1.29 is 8.42 Å². The minimum absolute atomic E-state index is 0.222.